The van der Waals surface area contributed by atoms with Gasteiger partial charge in [-0.2, -0.15) is 0 Å². The van der Waals surface area contributed by atoms with Crippen LogP contribution in [0.4, 0.5) is 5.69 Å². The highest BCUT2D eigenvalue weighted by Gasteiger charge is 2.15. The quantitative estimate of drug-likeness (QED) is 0.623. The number of anilines is 1. The summed E-state index contributed by atoms with van der Waals surface area (Å²) in [5.74, 6) is 0.986. The molecule has 0 aromatic heterocycles. The van der Waals surface area contributed by atoms with Crippen LogP contribution in [0.3, 0.4) is 0 Å². The van der Waals surface area contributed by atoms with E-state index >= 15 is 0 Å². The summed E-state index contributed by atoms with van der Waals surface area (Å²) in [4.78, 5) is 0.167. The Labute approximate surface area is 163 Å². The Morgan fingerprint density at radius 2 is 1.67 bits per heavy atom. The van der Waals surface area contributed by atoms with Crippen LogP contribution in [0.2, 0.25) is 5.02 Å². The highest BCUT2D eigenvalue weighted by atomic mass is 35.5. The van der Waals surface area contributed by atoms with Gasteiger partial charge < -0.3 is 9.84 Å². The van der Waals surface area contributed by atoms with Crippen LogP contribution >= 0.6 is 11.6 Å². The van der Waals surface area contributed by atoms with Crippen molar-refractivity contribution in [2.75, 3.05) is 4.72 Å². The molecule has 140 valence electrons. The summed E-state index contributed by atoms with van der Waals surface area (Å²) < 4.78 is 33.3. The standard InChI is InChI=1S/C20H18ClNO4S/c1-14-2-9-19(10-3-14)27(24,25)22-17-6-11-20(15(12-17)13-23)26-18-7-4-16(21)5-8-18/h2-12,22-23H,13H2,1H3. The second-order valence-electron chi connectivity index (χ2n) is 5.96. The van der Waals surface area contributed by atoms with Gasteiger partial charge in [-0.1, -0.05) is 29.3 Å². The molecule has 0 bridgehead atoms. The molecule has 2 N–H and O–H groups in total. The van der Waals surface area contributed by atoms with Gasteiger partial charge >= 0.3 is 0 Å². The van der Waals surface area contributed by atoms with E-state index in [-0.39, 0.29) is 11.5 Å². The molecule has 3 aromatic rings. The number of hydrogen-bond donors (Lipinski definition) is 2. The van der Waals surface area contributed by atoms with Crippen LogP contribution in [0.5, 0.6) is 11.5 Å². The normalized spacial score (nSPS) is 11.2. The van der Waals surface area contributed by atoms with Crippen LogP contribution in [0.1, 0.15) is 11.1 Å². The summed E-state index contributed by atoms with van der Waals surface area (Å²) in [7, 11) is -3.72. The van der Waals surface area contributed by atoms with E-state index < -0.39 is 10.0 Å². The minimum atomic E-state index is -3.72. The average molecular weight is 404 g/mol. The first-order valence-electron chi connectivity index (χ1n) is 8.14. The van der Waals surface area contributed by atoms with Crippen molar-refractivity contribution in [2.45, 2.75) is 18.4 Å². The Balaban J connectivity index is 1.83. The van der Waals surface area contributed by atoms with Crippen molar-refractivity contribution in [1.29, 1.82) is 0 Å². The molecule has 0 radical (unpaired) electrons. The molecule has 0 saturated carbocycles. The zero-order valence-corrected chi connectivity index (χ0v) is 16.1. The first kappa shape index (κ1) is 19.2. The topological polar surface area (TPSA) is 75.6 Å². The van der Waals surface area contributed by atoms with Gasteiger partial charge in [0.15, 0.2) is 0 Å². The fourth-order valence-electron chi connectivity index (χ4n) is 2.43. The Hall–Kier alpha value is -2.54. The van der Waals surface area contributed by atoms with E-state index in [1.54, 1.807) is 60.7 Å². The molecule has 0 fully saturated rings. The van der Waals surface area contributed by atoms with E-state index in [2.05, 4.69) is 4.72 Å². The van der Waals surface area contributed by atoms with Gasteiger partial charge in [-0.15, -0.1) is 0 Å². The number of hydrogen-bond acceptors (Lipinski definition) is 4. The molecular weight excluding hydrogens is 386 g/mol. The molecule has 0 heterocycles. The van der Waals surface area contributed by atoms with Crippen LogP contribution < -0.4 is 9.46 Å². The summed E-state index contributed by atoms with van der Waals surface area (Å²) in [5, 5.41) is 10.2. The van der Waals surface area contributed by atoms with Gasteiger partial charge in [0.25, 0.3) is 10.0 Å². The molecule has 0 saturated heterocycles. The number of nitrogens with one attached hydrogen (secondary N) is 1. The molecule has 0 unspecified atom stereocenters. The number of halogens is 1. The summed E-state index contributed by atoms with van der Waals surface area (Å²) in [6, 6.07) is 18.1. The highest BCUT2D eigenvalue weighted by molar-refractivity contribution is 7.92. The maximum atomic E-state index is 12.5. The first-order valence-corrected chi connectivity index (χ1v) is 10.0. The molecule has 0 amide bonds. The molecule has 0 aliphatic heterocycles. The largest absolute Gasteiger partial charge is 0.457 e. The summed E-state index contributed by atoms with van der Waals surface area (Å²) in [6.07, 6.45) is 0. The minimum absolute atomic E-state index is 0.167. The van der Waals surface area contributed by atoms with Gasteiger partial charge in [0.2, 0.25) is 0 Å². The monoisotopic (exact) mass is 403 g/mol. The van der Waals surface area contributed by atoms with Crippen molar-refractivity contribution >= 4 is 27.3 Å². The second kappa shape index (κ2) is 8.00. The van der Waals surface area contributed by atoms with E-state index in [1.807, 2.05) is 6.92 Å². The summed E-state index contributed by atoms with van der Waals surface area (Å²) in [5.41, 5.74) is 1.76. The average Bonchev–Trinajstić information content (AvgIpc) is 2.65. The highest BCUT2D eigenvalue weighted by Crippen LogP contribution is 2.29. The van der Waals surface area contributed by atoms with Gasteiger partial charge in [-0.3, -0.25) is 4.72 Å². The molecule has 7 heteroatoms. The number of aliphatic hydroxyl groups excluding tert-OH is 1. The molecule has 27 heavy (non-hydrogen) atoms. The molecule has 3 rings (SSSR count). The lowest BCUT2D eigenvalue weighted by Gasteiger charge is -2.13. The number of aliphatic hydroxyl groups is 1. The predicted molar refractivity (Wildman–Crippen MR) is 106 cm³/mol. The van der Waals surface area contributed by atoms with Crippen LogP contribution in [-0.4, -0.2) is 13.5 Å². The third-order valence-corrected chi connectivity index (χ3v) is 5.50. The van der Waals surface area contributed by atoms with Gasteiger partial charge in [0.05, 0.1) is 11.5 Å². The van der Waals surface area contributed by atoms with Crippen LogP contribution in [0.25, 0.3) is 0 Å². The zero-order chi connectivity index (χ0) is 19.4. The fourth-order valence-corrected chi connectivity index (χ4v) is 3.60. The number of ether oxygens (including phenoxy) is 1. The van der Waals surface area contributed by atoms with E-state index in [0.717, 1.165) is 5.56 Å². The summed E-state index contributed by atoms with van der Waals surface area (Å²) >= 11 is 5.85. The molecule has 3 aromatic carbocycles. The maximum Gasteiger partial charge on any atom is 0.261 e. The third kappa shape index (κ3) is 4.80. The predicted octanol–water partition coefficient (Wildman–Crippen LogP) is 4.73. The van der Waals surface area contributed by atoms with Crippen molar-refractivity contribution in [3.8, 4) is 11.5 Å². The Bertz CT molecular complexity index is 1030. The smallest absolute Gasteiger partial charge is 0.261 e. The van der Waals surface area contributed by atoms with Crippen LogP contribution in [-0.2, 0) is 16.6 Å². The van der Waals surface area contributed by atoms with Gasteiger partial charge in [-0.25, -0.2) is 8.42 Å². The van der Waals surface area contributed by atoms with Crippen molar-refractivity contribution < 1.29 is 18.3 Å². The summed E-state index contributed by atoms with van der Waals surface area (Å²) in [6.45, 7) is 1.58. The molecule has 5 nitrogen and oxygen atoms in total. The second-order valence-corrected chi connectivity index (χ2v) is 8.07. The number of rotatable bonds is 6. The molecule has 0 spiro atoms. The van der Waals surface area contributed by atoms with Crippen LogP contribution in [0.15, 0.2) is 71.6 Å². The molecule has 0 aliphatic carbocycles. The Kier molecular flexibility index (Phi) is 5.70. The van der Waals surface area contributed by atoms with Gasteiger partial charge in [0, 0.05) is 16.3 Å². The van der Waals surface area contributed by atoms with Crippen LogP contribution in [0, 0.1) is 6.92 Å². The van der Waals surface area contributed by atoms with Crippen molar-refractivity contribution in [1.82, 2.24) is 0 Å². The Morgan fingerprint density at radius 1 is 1.00 bits per heavy atom. The number of sulfonamides is 1. The van der Waals surface area contributed by atoms with Crippen molar-refractivity contribution in [2.24, 2.45) is 0 Å². The van der Waals surface area contributed by atoms with E-state index in [1.165, 1.54) is 6.07 Å². The number of benzene rings is 3. The van der Waals surface area contributed by atoms with Gasteiger partial charge in [0.1, 0.15) is 11.5 Å². The first-order chi connectivity index (χ1) is 12.9. The molecular formula is C20H18ClNO4S. The fraction of sp³-hybridized carbons (Fsp3) is 0.100. The maximum absolute atomic E-state index is 12.5. The SMILES string of the molecule is Cc1ccc(S(=O)(=O)Nc2ccc(Oc3ccc(Cl)cc3)c(CO)c2)cc1. The zero-order valence-electron chi connectivity index (χ0n) is 14.5. The lowest BCUT2D eigenvalue weighted by Crippen LogP contribution is -2.13. The van der Waals surface area contributed by atoms with E-state index in [0.29, 0.717) is 27.8 Å². The lowest BCUT2D eigenvalue weighted by atomic mass is 10.2. The van der Waals surface area contributed by atoms with E-state index in [4.69, 9.17) is 16.3 Å². The third-order valence-electron chi connectivity index (χ3n) is 3.86. The lowest BCUT2D eigenvalue weighted by molar-refractivity contribution is 0.276. The Morgan fingerprint density at radius 3 is 2.30 bits per heavy atom. The minimum Gasteiger partial charge on any atom is -0.457 e. The van der Waals surface area contributed by atoms with Gasteiger partial charge in [-0.05, 0) is 61.5 Å². The molecule has 0 atom stereocenters. The van der Waals surface area contributed by atoms with Crippen molar-refractivity contribution in [3.63, 3.8) is 0 Å². The number of aryl methyl sites for hydroxylation is 1. The van der Waals surface area contributed by atoms with E-state index in [9.17, 15) is 13.5 Å². The van der Waals surface area contributed by atoms with Crippen molar-refractivity contribution in [3.05, 3.63) is 82.9 Å². The molecule has 0 aliphatic rings.